The van der Waals surface area contributed by atoms with Gasteiger partial charge in [-0.1, -0.05) is 84.7 Å². The minimum absolute atomic E-state index is 0. The Morgan fingerprint density at radius 3 is 2.23 bits per heavy atom. The topological polar surface area (TPSA) is 9.23 Å². The molecule has 1 heterocycles. The molecule has 0 spiro atoms. The molecule has 0 aliphatic carbocycles. The van der Waals surface area contributed by atoms with Gasteiger partial charge in [0, 0.05) is 5.56 Å². The maximum Gasteiger partial charge on any atom is 0.127 e. The van der Waals surface area contributed by atoms with E-state index in [0.717, 1.165) is 16.9 Å². The molecule has 1 aromatic carbocycles. The lowest BCUT2D eigenvalue weighted by Gasteiger charge is -2.23. The number of para-hydroxylation sites is 1. The Bertz CT molecular complexity index is 518. The Labute approximate surface area is 137 Å². The van der Waals surface area contributed by atoms with Crippen LogP contribution in [0.15, 0.2) is 66.8 Å². The number of hydrogen-bond donors (Lipinski definition) is 0. The number of allylic oxidation sites excluding steroid dienone is 5. The van der Waals surface area contributed by atoms with E-state index in [4.69, 9.17) is 4.74 Å². The van der Waals surface area contributed by atoms with Crippen LogP contribution in [-0.2, 0) is 0 Å². The van der Waals surface area contributed by atoms with Crippen molar-refractivity contribution in [1.29, 1.82) is 0 Å². The molecule has 1 nitrogen and oxygen atoms in total. The van der Waals surface area contributed by atoms with E-state index in [2.05, 4.69) is 26.1 Å². The van der Waals surface area contributed by atoms with Crippen molar-refractivity contribution in [2.45, 2.75) is 42.0 Å². The quantitative estimate of drug-likeness (QED) is 0.555. The summed E-state index contributed by atoms with van der Waals surface area (Å²) in [4.78, 5) is 0. The Morgan fingerprint density at radius 2 is 1.68 bits per heavy atom. The fourth-order valence-corrected chi connectivity index (χ4v) is 2.07. The van der Waals surface area contributed by atoms with Crippen molar-refractivity contribution < 1.29 is 4.74 Å². The van der Waals surface area contributed by atoms with Gasteiger partial charge in [-0.2, -0.15) is 0 Å². The molecular weight excluding hydrogens is 268 g/mol. The van der Waals surface area contributed by atoms with Crippen molar-refractivity contribution in [3.8, 4) is 5.75 Å². The first kappa shape index (κ1) is 22.3. The van der Waals surface area contributed by atoms with Crippen LogP contribution < -0.4 is 4.74 Å². The molecule has 1 aromatic rings. The van der Waals surface area contributed by atoms with Crippen LogP contribution in [0.3, 0.4) is 0 Å². The first-order valence-corrected chi connectivity index (χ1v) is 7.65. The van der Waals surface area contributed by atoms with Gasteiger partial charge in [0.2, 0.25) is 0 Å². The molecule has 0 aromatic heterocycles. The maximum atomic E-state index is 5.69. The molecule has 0 saturated carbocycles. The van der Waals surface area contributed by atoms with Gasteiger partial charge in [-0.3, -0.25) is 0 Å². The molecule has 0 amide bonds. The van der Waals surface area contributed by atoms with E-state index in [9.17, 15) is 0 Å². The van der Waals surface area contributed by atoms with Gasteiger partial charge in [0.25, 0.3) is 0 Å². The molecular formula is C21H32O. The van der Waals surface area contributed by atoms with Crippen LogP contribution in [0.1, 0.15) is 47.6 Å². The van der Waals surface area contributed by atoms with Crippen molar-refractivity contribution in [1.82, 2.24) is 0 Å². The molecule has 0 N–H and O–H groups in total. The largest absolute Gasteiger partial charge is 0.489 e. The fourth-order valence-electron chi connectivity index (χ4n) is 2.07. The summed E-state index contributed by atoms with van der Waals surface area (Å²) in [6, 6.07) is 8.08. The second kappa shape index (κ2) is 12.7. The summed E-state index contributed by atoms with van der Waals surface area (Å²) in [6.07, 6.45) is 5.63. The lowest BCUT2D eigenvalue weighted by molar-refractivity contribution is 0.346. The highest BCUT2D eigenvalue weighted by Gasteiger charge is 2.18. The summed E-state index contributed by atoms with van der Waals surface area (Å²) >= 11 is 0. The van der Waals surface area contributed by atoms with Gasteiger partial charge in [0.1, 0.15) is 12.4 Å². The van der Waals surface area contributed by atoms with Crippen molar-refractivity contribution in [2.75, 3.05) is 6.61 Å². The number of ether oxygens (including phenoxy) is 1. The normalized spacial score (nSPS) is 12.1. The van der Waals surface area contributed by atoms with E-state index in [1.807, 2.05) is 58.0 Å². The predicted octanol–water partition coefficient (Wildman–Crippen LogP) is 6.84. The van der Waals surface area contributed by atoms with E-state index < -0.39 is 0 Å². The highest BCUT2D eigenvalue weighted by atomic mass is 16.5. The fraction of sp³-hybridized carbons (Fsp3) is 0.333. The Hall–Kier alpha value is -2.02. The van der Waals surface area contributed by atoms with Crippen LogP contribution >= 0.6 is 0 Å². The zero-order valence-electron chi connectivity index (χ0n) is 14.1. The number of benzene rings is 1. The monoisotopic (exact) mass is 300 g/mol. The van der Waals surface area contributed by atoms with Crippen LogP contribution in [0.25, 0.3) is 5.57 Å². The minimum atomic E-state index is 0. The molecule has 0 atom stereocenters. The van der Waals surface area contributed by atoms with Crippen molar-refractivity contribution in [3.05, 3.63) is 72.4 Å². The van der Waals surface area contributed by atoms with Crippen LogP contribution in [0.2, 0.25) is 0 Å². The maximum absolute atomic E-state index is 5.69. The zero-order valence-corrected chi connectivity index (χ0v) is 14.1. The van der Waals surface area contributed by atoms with Gasteiger partial charge in [0.05, 0.1) is 0 Å². The first-order chi connectivity index (χ1) is 10.3. The third-order valence-corrected chi connectivity index (χ3v) is 2.83. The molecule has 0 saturated heterocycles. The molecule has 1 heteroatoms. The summed E-state index contributed by atoms with van der Waals surface area (Å²) in [5.41, 5.74) is 4.65. The van der Waals surface area contributed by atoms with Crippen LogP contribution in [-0.4, -0.2) is 6.61 Å². The van der Waals surface area contributed by atoms with Crippen molar-refractivity contribution in [3.63, 3.8) is 0 Å². The van der Waals surface area contributed by atoms with E-state index >= 15 is 0 Å². The number of fused-ring (bicyclic) bond motifs is 1. The van der Waals surface area contributed by atoms with Crippen LogP contribution in [0, 0.1) is 0 Å². The van der Waals surface area contributed by atoms with Crippen molar-refractivity contribution >= 4 is 5.57 Å². The molecule has 122 valence electrons. The van der Waals surface area contributed by atoms with Crippen LogP contribution in [0.5, 0.6) is 5.75 Å². The number of hydrogen-bond acceptors (Lipinski definition) is 1. The average molecular weight is 300 g/mol. The third-order valence-electron chi connectivity index (χ3n) is 2.83. The van der Waals surface area contributed by atoms with Gasteiger partial charge in [-0.15, -0.1) is 0 Å². The molecule has 0 radical (unpaired) electrons. The second-order valence-corrected chi connectivity index (χ2v) is 4.00. The standard InChI is InChI=1S/C16H16O.2C2H6.CH4/c1-4-8-13(5-2)16-12(3)11-17-15-10-7-6-9-14(15)16;2*1-2;/h4-10H,1-2,11H2,3H3;2*1-2H3;1H4/b13-8+;;;. The third kappa shape index (κ3) is 5.40. The Kier molecular flexibility index (Phi) is 12.9. The summed E-state index contributed by atoms with van der Waals surface area (Å²) < 4.78 is 5.69. The van der Waals surface area contributed by atoms with Gasteiger partial charge < -0.3 is 4.74 Å². The average Bonchev–Trinajstić information content (AvgIpc) is 2.57. The highest BCUT2D eigenvalue weighted by molar-refractivity contribution is 5.87. The second-order valence-electron chi connectivity index (χ2n) is 4.00. The smallest absolute Gasteiger partial charge is 0.127 e. The van der Waals surface area contributed by atoms with E-state index in [-0.39, 0.29) is 7.43 Å². The highest BCUT2D eigenvalue weighted by Crippen LogP contribution is 2.37. The first-order valence-electron chi connectivity index (χ1n) is 7.65. The van der Waals surface area contributed by atoms with Gasteiger partial charge in [-0.25, -0.2) is 0 Å². The van der Waals surface area contributed by atoms with Gasteiger partial charge >= 0.3 is 0 Å². The summed E-state index contributed by atoms with van der Waals surface area (Å²) in [5, 5.41) is 0. The summed E-state index contributed by atoms with van der Waals surface area (Å²) in [7, 11) is 0. The lowest BCUT2D eigenvalue weighted by Crippen LogP contribution is -2.10. The molecule has 0 unspecified atom stereocenters. The van der Waals surface area contributed by atoms with Gasteiger partial charge in [-0.05, 0) is 29.7 Å². The number of rotatable bonds is 3. The Morgan fingerprint density at radius 1 is 1.09 bits per heavy atom. The zero-order chi connectivity index (χ0) is 16.3. The Balaban J connectivity index is 0. The molecule has 22 heavy (non-hydrogen) atoms. The molecule has 2 rings (SSSR count). The van der Waals surface area contributed by atoms with E-state index in [0.29, 0.717) is 6.61 Å². The molecule has 1 aliphatic rings. The SMILES string of the molecule is C.C=C/C=C(\C=C)C1=C(C)COc2ccccc21.CC.CC. The minimum Gasteiger partial charge on any atom is -0.489 e. The van der Waals surface area contributed by atoms with Gasteiger partial charge in [0.15, 0.2) is 0 Å². The predicted molar refractivity (Wildman–Crippen MR) is 102 cm³/mol. The van der Waals surface area contributed by atoms with E-state index in [1.165, 1.54) is 11.1 Å². The molecule has 1 aliphatic heterocycles. The van der Waals surface area contributed by atoms with E-state index in [1.54, 1.807) is 6.08 Å². The summed E-state index contributed by atoms with van der Waals surface area (Å²) in [6.45, 7) is 18.3. The van der Waals surface area contributed by atoms with Crippen LogP contribution in [0.4, 0.5) is 0 Å². The molecule has 0 bridgehead atoms. The van der Waals surface area contributed by atoms with Crippen molar-refractivity contribution in [2.24, 2.45) is 0 Å². The summed E-state index contributed by atoms with van der Waals surface area (Å²) in [5.74, 6) is 0.935. The lowest BCUT2D eigenvalue weighted by atomic mass is 9.91. The molecule has 0 fully saturated rings.